The first-order valence-electron chi connectivity index (χ1n) is 11.0. The first kappa shape index (κ1) is 21.6. The summed E-state index contributed by atoms with van der Waals surface area (Å²) in [6.07, 6.45) is 6.08. The summed E-state index contributed by atoms with van der Waals surface area (Å²) in [4.78, 5) is 25.3. The van der Waals surface area contributed by atoms with Gasteiger partial charge in [-0.15, -0.1) is 0 Å². The molecule has 1 aromatic carbocycles. The monoisotopic (exact) mass is 469 g/mol. The molecule has 3 heterocycles. The minimum Gasteiger partial charge on any atom is -0.350 e. The van der Waals surface area contributed by atoms with Gasteiger partial charge in [-0.1, -0.05) is 6.07 Å². The van der Waals surface area contributed by atoms with Gasteiger partial charge in [0.05, 0.1) is 11.6 Å². The van der Waals surface area contributed by atoms with Crippen molar-refractivity contribution in [1.82, 2.24) is 24.6 Å². The van der Waals surface area contributed by atoms with E-state index in [0.717, 1.165) is 24.8 Å². The molecule has 1 aliphatic heterocycles. The molecule has 174 valence electrons. The van der Waals surface area contributed by atoms with E-state index < -0.39 is 9.84 Å². The second-order valence-electron chi connectivity index (χ2n) is 8.86. The van der Waals surface area contributed by atoms with Crippen LogP contribution in [-0.4, -0.2) is 71.0 Å². The van der Waals surface area contributed by atoms with Crippen LogP contribution in [0.15, 0.2) is 29.6 Å². The summed E-state index contributed by atoms with van der Waals surface area (Å²) >= 11 is 0. The quantitative estimate of drug-likeness (QED) is 0.584. The number of fused-ring (bicyclic) bond motifs is 2. The van der Waals surface area contributed by atoms with Crippen molar-refractivity contribution in [2.24, 2.45) is 7.05 Å². The van der Waals surface area contributed by atoms with E-state index in [9.17, 15) is 13.2 Å². The topological polar surface area (TPSA) is 113 Å². The molecule has 1 N–H and O–H groups in total. The molecule has 3 aromatic rings. The number of hydrogen-bond donors (Lipinski definition) is 1. The summed E-state index contributed by atoms with van der Waals surface area (Å²) in [6, 6.07) is 5.94. The number of aryl methyl sites for hydroxylation is 3. The molecular formula is C22H27N7O3S. The third-order valence-electron chi connectivity index (χ3n) is 6.42. The van der Waals surface area contributed by atoms with E-state index in [4.69, 9.17) is 0 Å². The normalized spacial score (nSPS) is 18.6. The van der Waals surface area contributed by atoms with Gasteiger partial charge in [0.1, 0.15) is 5.82 Å². The highest BCUT2D eigenvalue weighted by Crippen LogP contribution is 2.29. The van der Waals surface area contributed by atoms with Crippen molar-refractivity contribution < 1.29 is 13.2 Å². The van der Waals surface area contributed by atoms with Crippen molar-refractivity contribution in [3.8, 4) is 0 Å². The summed E-state index contributed by atoms with van der Waals surface area (Å²) in [5, 5.41) is 7.72. The Labute approximate surface area is 192 Å². The maximum absolute atomic E-state index is 12.9. The number of urea groups is 1. The Balaban J connectivity index is 1.35. The van der Waals surface area contributed by atoms with Crippen molar-refractivity contribution in [3.63, 3.8) is 0 Å². The lowest BCUT2D eigenvalue weighted by Crippen LogP contribution is -2.55. The Kier molecular flexibility index (Phi) is 5.23. The van der Waals surface area contributed by atoms with Crippen LogP contribution in [0, 0.1) is 0 Å². The summed E-state index contributed by atoms with van der Waals surface area (Å²) < 4.78 is 25.9. The van der Waals surface area contributed by atoms with Gasteiger partial charge in [-0.25, -0.2) is 18.2 Å². The molecule has 2 aliphatic rings. The first-order valence-corrected chi connectivity index (χ1v) is 12.9. The minimum atomic E-state index is -3.60. The highest BCUT2D eigenvalue weighted by Gasteiger charge is 2.30. The number of nitrogens with zero attached hydrogens (tertiary/aromatic N) is 6. The van der Waals surface area contributed by atoms with E-state index in [1.165, 1.54) is 17.5 Å². The number of sulfone groups is 1. The molecule has 2 amide bonds. The van der Waals surface area contributed by atoms with Gasteiger partial charge in [0.2, 0.25) is 9.84 Å². The number of nitrogens with one attached hydrogen (secondary N) is 1. The Morgan fingerprint density at radius 3 is 2.70 bits per heavy atom. The van der Waals surface area contributed by atoms with Crippen LogP contribution in [0.5, 0.6) is 0 Å². The average molecular weight is 470 g/mol. The number of piperazine rings is 1. The van der Waals surface area contributed by atoms with Crippen LogP contribution in [0.25, 0.3) is 11.0 Å². The lowest BCUT2D eigenvalue weighted by atomic mass is 10.1. The van der Waals surface area contributed by atoms with Gasteiger partial charge >= 0.3 is 6.03 Å². The SMILES string of the molecule is C[C@H]1CN(C(=O)Nc2ccc3c(c2)CCC3)CCN1c1nc(S(C)(=O)=O)nc2c1cnn2C. The number of anilines is 2. The Morgan fingerprint density at radius 2 is 1.94 bits per heavy atom. The van der Waals surface area contributed by atoms with Crippen molar-refractivity contribution in [3.05, 3.63) is 35.5 Å². The summed E-state index contributed by atoms with van der Waals surface area (Å²) in [5.74, 6) is 0.528. The highest BCUT2D eigenvalue weighted by atomic mass is 32.2. The van der Waals surface area contributed by atoms with Crippen LogP contribution in [-0.2, 0) is 29.7 Å². The van der Waals surface area contributed by atoms with E-state index >= 15 is 0 Å². The largest absolute Gasteiger partial charge is 0.350 e. The molecule has 1 atom stereocenters. The zero-order valence-corrected chi connectivity index (χ0v) is 19.8. The lowest BCUT2D eigenvalue weighted by Gasteiger charge is -2.40. The number of carbonyl (C=O) groups excluding carboxylic acids is 1. The molecular weight excluding hydrogens is 442 g/mol. The average Bonchev–Trinajstić information content (AvgIpc) is 3.39. The molecule has 5 rings (SSSR count). The van der Waals surface area contributed by atoms with E-state index in [1.807, 2.05) is 17.9 Å². The molecule has 2 aromatic heterocycles. The van der Waals surface area contributed by atoms with Crippen LogP contribution >= 0.6 is 0 Å². The van der Waals surface area contributed by atoms with Crippen molar-refractivity contribution in [2.75, 3.05) is 36.1 Å². The number of aromatic nitrogens is 4. The van der Waals surface area contributed by atoms with E-state index in [-0.39, 0.29) is 17.2 Å². The van der Waals surface area contributed by atoms with E-state index in [2.05, 4.69) is 32.5 Å². The van der Waals surface area contributed by atoms with Crippen LogP contribution in [0.2, 0.25) is 0 Å². The zero-order chi connectivity index (χ0) is 23.3. The molecule has 0 bridgehead atoms. The van der Waals surface area contributed by atoms with Gasteiger partial charge in [-0.05, 0) is 49.4 Å². The molecule has 1 aliphatic carbocycles. The fourth-order valence-electron chi connectivity index (χ4n) is 4.68. The van der Waals surface area contributed by atoms with Crippen LogP contribution in [0.1, 0.15) is 24.5 Å². The predicted octanol–water partition coefficient (Wildman–Crippen LogP) is 2.00. The smallest absolute Gasteiger partial charge is 0.321 e. The van der Waals surface area contributed by atoms with Gasteiger partial charge < -0.3 is 15.1 Å². The highest BCUT2D eigenvalue weighted by molar-refractivity contribution is 7.90. The molecule has 33 heavy (non-hydrogen) atoms. The van der Waals surface area contributed by atoms with Gasteiger partial charge in [0.25, 0.3) is 5.16 Å². The van der Waals surface area contributed by atoms with Crippen molar-refractivity contribution >= 4 is 38.4 Å². The molecule has 0 spiro atoms. The Morgan fingerprint density at radius 1 is 1.15 bits per heavy atom. The van der Waals surface area contributed by atoms with Crippen LogP contribution < -0.4 is 10.2 Å². The van der Waals surface area contributed by atoms with Crippen LogP contribution in [0.4, 0.5) is 16.3 Å². The fourth-order valence-corrected chi connectivity index (χ4v) is 5.19. The number of hydrogen-bond acceptors (Lipinski definition) is 7. The Bertz CT molecular complexity index is 1350. The van der Waals surface area contributed by atoms with E-state index in [1.54, 1.807) is 22.8 Å². The fraction of sp³-hybridized carbons (Fsp3) is 0.455. The number of benzene rings is 1. The molecule has 0 unspecified atom stereocenters. The molecule has 0 radical (unpaired) electrons. The minimum absolute atomic E-state index is 0.0739. The second kappa shape index (κ2) is 7.98. The molecule has 1 fully saturated rings. The van der Waals surface area contributed by atoms with Gasteiger partial charge in [0.15, 0.2) is 5.65 Å². The van der Waals surface area contributed by atoms with Crippen molar-refractivity contribution in [2.45, 2.75) is 37.4 Å². The lowest BCUT2D eigenvalue weighted by molar-refractivity contribution is 0.200. The van der Waals surface area contributed by atoms with Gasteiger partial charge in [-0.3, -0.25) is 4.68 Å². The summed E-state index contributed by atoms with van der Waals surface area (Å²) in [5.41, 5.74) is 3.97. The second-order valence-corrected chi connectivity index (χ2v) is 10.8. The standard InChI is InChI=1S/C22H27N7O3S/c1-14-13-28(22(30)24-17-8-7-15-5-4-6-16(15)11-17)9-10-29(14)20-18-12-23-27(2)19(18)25-21(26-20)33(3,31)32/h7-8,11-12,14H,4-6,9-10,13H2,1-3H3,(H,24,30)/t14-/m0/s1. The maximum atomic E-state index is 12.9. The molecule has 0 saturated carbocycles. The number of rotatable bonds is 3. The zero-order valence-electron chi connectivity index (χ0n) is 18.9. The maximum Gasteiger partial charge on any atom is 0.321 e. The first-order chi connectivity index (χ1) is 15.7. The molecule has 11 heteroatoms. The molecule has 10 nitrogen and oxygen atoms in total. The number of carbonyl (C=O) groups is 1. The summed E-state index contributed by atoms with van der Waals surface area (Å²) in [6.45, 7) is 3.49. The van der Waals surface area contributed by atoms with Crippen molar-refractivity contribution in [1.29, 1.82) is 0 Å². The van der Waals surface area contributed by atoms with E-state index in [0.29, 0.717) is 36.5 Å². The summed E-state index contributed by atoms with van der Waals surface area (Å²) in [7, 11) is -1.88. The van der Waals surface area contributed by atoms with Gasteiger partial charge in [0, 0.05) is 44.7 Å². The Hall–Kier alpha value is -3.21. The predicted molar refractivity (Wildman–Crippen MR) is 125 cm³/mol. The van der Waals surface area contributed by atoms with Gasteiger partial charge in [-0.2, -0.15) is 10.1 Å². The number of amides is 2. The van der Waals surface area contributed by atoms with Crippen LogP contribution in [0.3, 0.4) is 0 Å². The molecule has 1 saturated heterocycles. The third-order valence-corrected chi connectivity index (χ3v) is 7.27. The third kappa shape index (κ3) is 4.01.